The summed E-state index contributed by atoms with van der Waals surface area (Å²) in [5.74, 6) is -2.85. The molecular weight excluding hydrogens is 312 g/mol. The summed E-state index contributed by atoms with van der Waals surface area (Å²) in [6.45, 7) is -0.157. The summed E-state index contributed by atoms with van der Waals surface area (Å²) < 4.78 is 75.1. The molecule has 0 bridgehead atoms. The first-order valence-electron chi connectivity index (χ1n) is 5.85. The quantitative estimate of drug-likeness (QED) is 0.883. The SMILES string of the molecule is O=S1(=O)CCC(CNS(=O)(=O)c2c(F)cccc2F)C1. The molecule has 112 valence electrons. The van der Waals surface area contributed by atoms with Gasteiger partial charge in [-0.2, -0.15) is 0 Å². The van der Waals surface area contributed by atoms with Gasteiger partial charge in [0.25, 0.3) is 0 Å². The van der Waals surface area contributed by atoms with Crippen molar-refractivity contribution in [2.75, 3.05) is 18.1 Å². The molecule has 1 aliphatic rings. The van der Waals surface area contributed by atoms with Gasteiger partial charge in [-0.1, -0.05) is 6.07 Å². The molecule has 1 atom stereocenters. The van der Waals surface area contributed by atoms with E-state index in [1.54, 1.807) is 0 Å². The average molecular weight is 325 g/mol. The molecule has 0 amide bonds. The van der Waals surface area contributed by atoms with Crippen molar-refractivity contribution in [1.82, 2.24) is 4.72 Å². The molecule has 0 aliphatic carbocycles. The molecule has 1 unspecified atom stereocenters. The summed E-state index contributed by atoms with van der Waals surface area (Å²) in [4.78, 5) is -1.04. The van der Waals surface area contributed by atoms with Gasteiger partial charge in [0.05, 0.1) is 11.5 Å². The lowest BCUT2D eigenvalue weighted by Gasteiger charge is -2.11. The summed E-state index contributed by atoms with van der Waals surface area (Å²) in [7, 11) is -7.47. The van der Waals surface area contributed by atoms with E-state index in [2.05, 4.69) is 4.72 Å². The van der Waals surface area contributed by atoms with Gasteiger partial charge in [-0.05, 0) is 24.5 Å². The predicted octanol–water partition coefficient (Wildman–Crippen LogP) is 0.678. The molecule has 1 N–H and O–H groups in total. The zero-order valence-electron chi connectivity index (χ0n) is 10.3. The van der Waals surface area contributed by atoms with Crippen LogP contribution in [-0.2, 0) is 19.9 Å². The van der Waals surface area contributed by atoms with Gasteiger partial charge in [-0.25, -0.2) is 30.3 Å². The second-order valence-electron chi connectivity index (χ2n) is 4.67. The molecule has 1 fully saturated rings. The molecular formula is C11H13F2NO4S2. The highest BCUT2D eigenvalue weighted by Crippen LogP contribution is 2.20. The second kappa shape index (κ2) is 5.38. The van der Waals surface area contributed by atoms with Crippen LogP contribution in [0.2, 0.25) is 0 Å². The van der Waals surface area contributed by atoms with Crippen molar-refractivity contribution in [1.29, 1.82) is 0 Å². The third-order valence-electron chi connectivity index (χ3n) is 3.08. The van der Waals surface area contributed by atoms with E-state index >= 15 is 0 Å². The summed E-state index contributed by atoms with van der Waals surface area (Å²) in [6, 6.07) is 2.75. The number of hydrogen-bond donors (Lipinski definition) is 1. The maximum absolute atomic E-state index is 13.4. The number of halogens is 2. The number of nitrogens with one attached hydrogen (secondary N) is 1. The van der Waals surface area contributed by atoms with Gasteiger partial charge >= 0.3 is 0 Å². The van der Waals surface area contributed by atoms with Gasteiger partial charge in [0.1, 0.15) is 11.6 Å². The summed E-state index contributed by atoms with van der Waals surface area (Å²) in [5, 5.41) is 0. The van der Waals surface area contributed by atoms with E-state index in [0.29, 0.717) is 6.42 Å². The maximum Gasteiger partial charge on any atom is 0.246 e. The largest absolute Gasteiger partial charge is 0.246 e. The van der Waals surface area contributed by atoms with E-state index in [-0.39, 0.29) is 24.0 Å². The Kier molecular flexibility index (Phi) is 4.12. The first-order valence-corrected chi connectivity index (χ1v) is 9.16. The molecule has 9 heteroatoms. The van der Waals surface area contributed by atoms with Crippen LogP contribution in [0.15, 0.2) is 23.1 Å². The number of hydrogen-bond acceptors (Lipinski definition) is 4. The highest BCUT2D eigenvalue weighted by Gasteiger charge is 2.30. The lowest BCUT2D eigenvalue weighted by Crippen LogP contribution is -2.31. The Morgan fingerprint density at radius 3 is 2.35 bits per heavy atom. The van der Waals surface area contributed by atoms with Crippen LogP contribution in [0.25, 0.3) is 0 Å². The van der Waals surface area contributed by atoms with E-state index in [0.717, 1.165) is 18.2 Å². The molecule has 1 aromatic carbocycles. The zero-order valence-corrected chi connectivity index (χ0v) is 12.0. The topological polar surface area (TPSA) is 80.3 Å². The summed E-state index contributed by atoms with van der Waals surface area (Å²) in [6.07, 6.45) is 0.338. The first-order chi connectivity index (χ1) is 9.21. The van der Waals surface area contributed by atoms with E-state index in [9.17, 15) is 25.6 Å². The zero-order chi connectivity index (χ0) is 15.0. The predicted molar refractivity (Wildman–Crippen MR) is 68.3 cm³/mol. The molecule has 1 aromatic rings. The van der Waals surface area contributed by atoms with Gasteiger partial charge in [-0.3, -0.25) is 0 Å². The highest BCUT2D eigenvalue weighted by molar-refractivity contribution is 7.91. The normalized spacial score (nSPS) is 22.0. The van der Waals surface area contributed by atoms with Crippen LogP contribution in [0.5, 0.6) is 0 Å². The van der Waals surface area contributed by atoms with Crippen molar-refractivity contribution in [3.05, 3.63) is 29.8 Å². The number of sulfonamides is 1. The van der Waals surface area contributed by atoms with Gasteiger partial charge in [0, 0.05) is 6.54 Å². The van der Waals surface area contributed by atoms with Crippen LogP contribution in [-0.4, -0.2) is 34.9 Å². The minimum atomic E-state index is -4.34. The van der Waals surface area contributed by atoms with Crippen LogP contribution in [0.1, 0.15) is 6.42 Å². The highest BCUT2D eigenvalue weighted by atomic mass is 32.2. The Bertz CT molecular complexity index is 696. The summed E-state index contributed by atoms with van der Waals surface area (Å²) >= 11 is 0. The second-order valence-corrected chi connectivity index (χ2v) is 8.60. The Balaban J connectivity index is 2.13. The fraction of sp³-hybridized carbons (Fsp3) is 0.455. The van der Waals surface area contributed by atoms with Crippen molar-refractivity contribution in [3.8, 4) is 0 Å². The Labute approximate surface area is 116 Å². The number of benzene rings is 1. The van der Waals surface area contributed by atoms with Crippen LogP contribution >= 0.6 is 0 Å². The Morgan fingerprint density at radius 2 is 1.85 bits per heavy atom. The molecule has 0 radical (unpaired) electrons. The molecule has 0 saturated carbocycles. The molecule has 1 heterocycles. The fourth-order valence-corrected chi connectivity index (χ4v) is 5.18. The molecule has 0 aromatic heterocycles. The molecule has 0 spiro atoms. The van der Waals surface area contributed by atoms with Crippen molar-refractivity contribution in [3.63, 3.8) is 0 Å². The monoisotopic (exact) mass is 325 g/mol. The first kappa shape index (κ1) is 15.3. The number of sulfone groups is 1. The third kappa shape index (κ3) is 3.33. The van der Waals surface area contributed by atoms with Gasteiger partial charge in [-0.15, -0.1) is 0 Å². The lowest BCUT2D eigenvalue weighted by molar-refractivity contribution is 0.505. The molecule has 2 rings (SSSR count). The van der Waals surface area contributed by atoms with Crippen molar-refractivity contribution >= 4 is 19.9 Å². The Hall–Kier alpha value is -1.06. The van der Waals surface area contributed by atoms with Crippen LogP contribution in [0, 0.1) is 17.6 Å². The molecule has 5 nitrogen and oxygen atoms in total. The molecule has 1 saturated heterocycles. The van der Waals surface area contributed by atoms with E-state index in [1.165, 1.54) is 0 Å². The minimum Gasteiger partial charge on any atom is -0.229 e. The molecule has 20 heavy (non-hydrogen) atoms. The minimum absolute atomic E-state index is 0.00739. The van der Waals surface area contributed by atoms with Crippen LogP contribution in [0.3, 0.4) is 0 Å². The van der Waals surface area contributed by atoms with Gasteiger partial charge in [0.2, 0.25) is 10.0 Å². The standard InChI is InChI=1S/C11H13F2NO4S2/c12-9-2-1-3-10(13)11(9)20(17,18)14-6-8-4-5-19(15,16)7-8/h1-3,8,14H,4-7H2. The lowest BCUT2D eigenvalue weighted by atomic mass is 10.1. The van der Waals surface area contributed by atoms with E-state index < -0.39 is 36.4 Å². The van der Waals surface area contributed by atoms with Gasteiger partial charge in [0.15, 0.2) is 14.7 Å². The maximum atomic E-state index is 13.4. The van der Waals surface area contributed by atoms with Gasteiger partial charge < -0.3 is 0 Å². The van der Waals surface area contributed by atoms with Crippen molar-refractivity contribution < 1.29 is 25.6 Å². The fourth-order valence-electron chi connectivity index (χ4n) is 2.07. The third-order valence-corrected chi connectivity index (χ3v) is 6.39. The summed E-state index contributed by atoms with van der Waals surface area (Å²) in [5.41, 5.74) is 0. The number of rotatable bonds is 4. The molecule has 1 aliphatic heterocycles. The van der Waals surface area contributed by atoms with E-state index in [4.69, 9.17) is 0 Å². The van der Waals surface area contributed by atoms with Crippen LogP contribution < -0.4 is 4.72 Å². The van der Waals surface area contributed by atoms with Crippen molar-refractivity contribution in [2.45, 2.75) is 11.3 Å². The van der Waals surface area contributed by atoms with Crippen LogP contribution in [0.4, 0.5) is 8.78 Å². The smallest absolute Gasteiger partial charge is 0.229 e. The van der Waals surface area contributed by atoms with E-state index in [1.807, 2.05) is 0 Å². The Morgan fingerprint density at radius 1 is 1.25 bits per heavy atom. The van der Waals surface area contributed by atoms with Crippen molar-refractivity contribution in [2.24, 2.45) is 5.92 Å². The average Bonchev–Trinajstić information content (AvgIpc) is 2.66.